The normalized spacial score (nSPS) is 15.3. The highest BCUT2D eigenvalue weighted by Crippen LogP contribution is 2.20. The predicted molar refractivity (Wildman–Crippen MR) is 107 cm³/mol. The van der Waals surface area contributed by atoms with E-state index in [2.05, 4.69) is 32.3 Å². The monoisotopic (exact) mass is 386 g/mol. The smallest absolute Gasteiger partial charge is 0.325 e. The quantitative estimate of drug-likeness (QED) is 0.687. The van der Waals surface area contributed by atoms with Crippen molar-refractivity contribution < 1.29 is 9.53 Å². The number of aromatic amines is 2. The van der Waals surface area contributed by atoms with Gasteiger partial charge in [-0.1, -0.05) is 12.1 Å². The van der Waals surface area contributed by atoms with Crippen molar-refractivity contribution in [2.75, 3.05) is 31.2 Å². The second-order valence-corrected chi connectivity index (χ2v) is 6.99. The number of morpholine rings is 1. The minimum atomic E-state index is -0.537. The number of hydrogen-bond acceptors (Lipinski definition) is 5. The highest BCUT2D eigenvalue weighted by atomic mass is 16.5. The van der Waals surface area contributed by atoms with Crippen LogP contribution in [0, 0.1) is 6.92 Å². The van der Waals surface area contributed by atoms with E-state index < -0.39 is 11.2 Å². The molecule has 8 nitrogen and oxygen atoms in total. The molecule has 1 aliphatic rings. The largest absolute Gasteiger partial charge is 0.378 e. The van der Waals surface area contributed by atoms with E-state index in [1.807, 2.05) is 19.1 Å². The van der Waals surface area contributed by atoms with Gasteiger partial charge in [-0.05, 0) is 38.0 Å². The number of nitrogens with one attached hydrogen (secondary N) is 3. The molecule has 0 aliphatic carbocycles. The molecule has 1 fully saturated rings. The summed E-state index contributed by atoms with van der Waals surface area (Å²) in [5, 5.41) is 2.96. The number of carbonyl (C=O) groups excluding carboxylic acids is 1. The third kappa shape index (κ3) is 4.89. The Morgan fingerprint density at radius 2 is 1.86 bits per heavy atom. The molecule has 8 heteroatoms. The van der Waals surface area contributed by atoms with E-state index >= 15 is 0 Å². The molecule has 1 amide bonds. The molecule has 0 saturated carbocycles. The minimum absolute atomic E-state index is 0.138. The Kier molecular flexibility index (Phi) is 6.30. The molecule has 2 aromatic rings. The van der Waals surface area contributed by atoms with Crippen LogP contribution >= 0.6 is 0 Å². The Balaban J connectivity index is 1.55. The lowest BCUT2D eigenvalue weighted by molar-refractivity contribution is -0.121. The molecule has 1 saturated heterocycles. The molecular weight excluding hydrogens is 360 g/mol. The molecule has 1 aliphatic heterocycles. The van der Waals surface area contributed by atoms with Crippen LogP contribution in [-0.2, 0) is 16.0 Å². The number of hydrogen-bond donors (Lipinski definition) is 3. The lowest BCUT2D eigenvalue weighted by atomic mass is 10.1. The highest BCUT2D eigenvalue weighted by molar-refractivity contribution is 5.76. The molecule has 0 radical (unpaired) electrons. The number of ether oxygens (including phenoxy) is 1. The van der Waals surface area contributed by atoms with Crippen LogP contribution in [0.25, 0.3) is 0 Å². The summed E-state index contributed by atoms with van der Waals surface area (Å²) in [6.07, 6.45) is 0.443. The average Bonchev–Trinajstić information content (AvgIpc) is 2.68. The van der Waals surface area contributed by atoms with Crippen molar-refractivity contribution in [1.29, 1.82) is 0 Å². The molecule has 0 spiro atoms. The summed E-state index contributed by atoms with van der Waals surface area (Å²) in [5.41, 5.74) is 2.11. The number of carbonyl (C=O) groups is 1. The van der Waals surface area contributed by atoms with Gasteiger partial charge >= 0.3 is 5.69 Å². The van der Waals surface area contributed by atoms with Crippen molar-refractivity contribution in [3.05, 3.63) is 61.9 Å². The fourth-order valence-corrected chi connectivity index (χ4v) is 3.36. The van der Waals surface area contributed by atoms with Crippen LogP contribution in [0.3, 0.4) is 0 Å². The van der Waals surface area contributed by atoms with Gasteiger partial charge in [0.2, 0.25) is 5.91 Å². The molecule has 1 aromatic heterocycles. The van der Waals surface area contributed by atoms with Crippen molar-refractivity contribution in [1.82, 2.24) is 15.3 Å². The molecule has 2 heterocycles. The van der Waals surface area contributed by atoms with E-state index in [9.17, 15) is 14.4 Å². The SMILES string of the molecule is Cc1[nH]c(=O)[nH]c(=O)c1CCC(=O)NC(C)c1ccc(N2CCOCC2)cc1. The van der Waals surface area contributed by atoms with Crippen molar-refractivity contribution in [3.63, 3.8) is 0 Å². The maximum Gasteiger partial charge on any atom is 0.325 e. The first-order valence-electron chi connectivity index (χ1n) is 9.48. The van der Waals surface area contributed by atoms with E-state index in [0.29, 0.717) is 11.3 Å². The lowest BCUT2D eigenvalue weighted by Gasteiger charge is -2.29. The Bertz CT molecular complexity index is 926. The highest BCUT2D eigenvalue weighted by Gasteiger charge is 2.14. The minimum Gasteiger partial charge on any atom is -0.378 e. The van der Waals surface area contributed by atoms with E-state index in [1.54, 1.807) is 6.92 Å². The topological polar surface area (TPSA) is 107 Å². The van der Waals surface area contributed by atoms with Gasteiger partial charge in [-0.15, -0.1) is 0 Å². The van der Waals surface area contributed by atoms with Gasteiger partial charge in [0.15, 0.2) is 0 Å². The molecule has 1 aromatic carbocycles. The Morgan fingerprint density at radius 1 is 1.18 bits per heavy atom. The maximum atomic E-state index is 12.3. The summed E-state index contributed by atoms with van der Waals surface area (Å²) < 4.78 is 5.37. The van der Waals surface area contributed by atoms with Crippen LogP contribution in [0.15, 0.2) is 33.9 Å². The fraction of sp³-hybridized carbons (Fsp3) is 0.450. The summed E-state index contributed by atoms with van der Waals surface area (Å²) >= 11 is 0. The predicted octanol–water partition coefficient (Wildman–Crippen LogP) is 1.02. The van der Waals surface area contributed by atoms with Gasteiger partial charge in [-0.2, -0.15) is 0 Å². The van der Waals surface area contributed by atoms with E-state index in [-0.39, 0.29) is 24.8 Å². The number of aryl methyl sites for hydroxylation is 1. The molecule has 150 valence electrons. The summed E-state index contributed by atoms with van der Waals surface area (Å²) in [6, 6.07) is 8.03. The Hall–Kier alpha value is -2.87. The third-order valence-corrected chi connectivity index (χ3v) is 5.00. The molecular formula is C20H26N4O4. The second-order valence-electron chi connectivity index (χ2n) is 6.99. The second kappa shape index (κ2) is 8.88. The first-order valence-corrected chi connectivity index (χ1v) is 9.48. The van der Waals surface area contributed by atoms with Crippen LogP contribution in [0.2, 0.25) is 0 Å². The number of amides is 1. The average molecular weight is 386 g/mol. The maximum absolute atomic E-state index is 12.3. The van der Waals surface area contributed by atoms with Gasteiger partial charge in [0, 0.05) is 36.5 Å². The molecule has 28 heavy (non-hydrogen) atoms. The molecule has 0 bridgehead atoms. The first kappa shape index (κ1) is 19.9. The van der Waals surface area contributed by atoms with Crippen LogP contribution < -0.4 is 21.5 Å². The van der Waals surface area contributed by atoms with E-state index in [0.717, 1.165) is 37.6 Å². The zero-order valence-electron chi connectivity index (χ0n) is 16.2. The number of benzene rings is 1. The van der Waals surface area contributed by atoms with Crippen molar-refractivity contribution in [2.45, 2.75) is 32.7 Å². The van der Waals surface area contributed by atoms with Crippen LogP contribution in [0.1, 0.15) is 36.2 Å². The fourth-order valence-electron chi connectivity index (χ4n) is 3.36. The van der Waals surface area contributed by atoms with Crippen LogP contribution in [0.5, 0.6) is 0 Å². The standard InChI is InChI=1S/C20H26N4O4/c1-13(15-3-5-16(6-4-15)24-9-11-28-12-10-24)21-18(25)8-7-17-14(2)22-20(27)23-19(17)26/h3-6,13H,7-12H2,1-2H3,(H,21,25)(H2,22,23,26,27). The van der Waals surface area contributed by atoms with Crippen LogP contribution in [0.4, 0.5) is 5.69 Å². The number of aromatic nitrogens is 2. The van der Waals surface area contributed by atoms with Gasteiger partial charge in [0.1, 0.15) is 0 Å². The molecule has 3 rings (SSSR count). The number of H-pyrrole nitrogens is 2. The summed E-state index contributed by atoms with van der Waals surface area (Å²) in [7, 11) is 0. The van der Waals surface area contributed by atoms with Crippen LogP contribution in [-0.4, -0.2) is 42.2 Å². The van der Waals surface area contributed by atoms with Crippen molar-refractivity contribution >= 4 is 11.6 Å². The van der Waals surface area contributed by atoms with E-state index in [1.165, 1.54) is 0 Å². The lowest BCUT2D eigenvalue weighted by Crippen LogP contribution is -2.36. The zero-order valence-corrected chi connectivity index (χ0v) is 16.2. The first-order chi connectivity index (χ1) is 13.4. The summed E-state index contributed by atoms with van der Waals surface area (Å²) in [4.78, 5) is 42.4. The molecule has 1 atom stereocenters. The van der Waals surface area contributed by atoms with Crippen molar-refractivity contribution in [3.8, 4) is 0 Å². The van der Waals surface area contributed by atoms with Gasteiger partial charge in [-0.3, -0.25) is 14.6 Å². The summed E-state index contributed by atoms with van der Waals surface area (Å²) in [5.74, 6) is -0.144. The van der Waals surface area contributed by atoms with E-state index in [4.69, 9.17) is 4.74 Å². The molecule has 3 N–H and O–H groups in total. The van der Waals surface area contributed by atoms with Gasteiger partial charge in [-0.25, -0.2) is 4.79 Å². The van der Waals surface area contributed by atoms with Gasteiger partial charge < -0.3 is 19.9 Å². The zero-order chi connectivity index (χ0) is 20.1. The van der Waals surface area contributed by atoms with Gasteiger partial charge in [0.05, 0.1) is 19.3 Å². The summed E-state index contributed by atoms with van der Waals surface area (Å²) in [6.45, 7) is 6.84. The van der Waals surface area contributed by atoms with Gasteiger partial charge in [0.25, 0.3) is 5.56 Å². The Morgan fingerprint density at radius 3 is 2.50 bits per heavy atom. The van der Waals surface area contributed by atoms with Crippen molar-refractivity contribution in [2.24, 2.45) is 0 Å². The number of anilines is 1. The number of nitrogens with zero attached hydrogens (tertiary/aromatic N) is 1. The molecule has 1 unspecified atom stereocenters. The third-order valence-electron chi connectivity index (χ3n) is 5.00. The number of rotatable bonds is 6. The Labute approximate surface area is 162 Å².